The molecule has 148 valence electrons. The van der Waals surface area contributed by atoms with Gasteiger partial charge in [0.2, 0.25) is 10.0 Å². The van der Waals surface area contributed by atoms with Gasteiger partial charge < -0.3 is 5.32 Å². The maximum absolute atomic E-state index is 12.8. The maximum Gasteiger partial charge on any atom is 0.255 e. The van der Waals surface area contributed by atoms with E-state index in [4.69, 9.17) is 6.42 Å². The molecular formula is C22H26N2O3S. The van der Waals surface area contributed by atoms with Crippen molar-refractivity contribution in [3.8, 4) is 12.3 Å². The largest absolute Gasteiger partial charge is 0.321 e. The zero-order valence-corrected chi connectivity index (χ0v) is 17.4. The number of rotatable bonds is 7. The smallest absolute Gasteiger partial charge is 0.255 e. The number of hydrogen-bond acceptors (Lipinski definition) is 3. The zero-order valence-electron chi connectivity index (χ0n) is 16.6. The summed E-state index contributed by atoms with van der Waals surface area (Å²) in [6.07, 6.45) is 5.09. The molecule has 2 aromatic rings. The zero-order chi connectivity index (χ0) is 20.9. The molecule has 2 rings (SSSR count). The summed E-state index contributed by atoms with van der Waals surface area (Å²) in [5, 5.41) is 3.02. The summed E-state index contributed by atoms with van der Waals surface area (Å²) in [4.78, 5) is 12.9. The lowest BCUT2D eigenvalue weighted by atomic mass is 9.92. The van der Waals surface area contributed by atoms with E-state index in [1.165, 1.54) is 24.3 Å². The van der Waals surface area contributed by atoms with Crippen molar-refractivity contribution in [1.29, 1.82) is 0 Å². The van der Waals surface area contributed by atoms with Crippen molar-refractivity contribution < 1.29 is 13.2 Å². The molecule has 0 atom stereocenters. The summed E-state index contributed by atoms with van der Waals surface area (Å²) in [6.45, 7) is 8.24. The summed E-state index contributed by atoms with van der Waals surface area (Å²) in [5.74, 6) is 2.45. The van der Waals surface area contributed by atoms with Gasteiger partial charge in [-0.1, -0.05) is 51.8 Å². The van der Waals surface area contributed by atoms with Gasteiger partial charge in [0, 0.05) is 11.3 Å². The van der Waals surface area contributed by atoms with Crippen molar-refractivity contribution in [2.75, 3.05) is 11.9 Å². The molecule has 0 aliphatic carbocycles. The maximum atomic E-state index is 12.8. The summed E-state index contributed by atoms with van der Waals surface area (Å²) in [7, 11) is -3.68. The number of hydrogen-bond donors (Lipinski definition) is 2. The molecule has 0 saturated carbocycles. The average Bonchev–Trinajstić information content (AvgIpc) is 2.66. The van der Waals surface area contributed by atoms with Crippen LogP contribution in [-0.2, 0) is 10.0 Å². The highest BCUT2D eigenvalue weighted by Crippen LogP contribution is 2.32. The van der Waals surface area contributed by atoms with E-state index in [1.54, 1.807) is 0 Å². The molecule has 0 unspecified atom stereocenters. The van der Waals surface area contributed by atoms with Crippen LogP contribution >= 0.6 is 0 Å². The average molecular weight is 399 g/mol. The fourth-order valence-corrected chi connectivity index (χ4v) is 3.82. The van der Waals surface area contributed by atoms with Crippen LogP contribution in [0, 0.1) is 12.3 Å². The van der Waals surface area contributed by atoms with Gasteiger partial charge in [-0.05, 0) is 47.2 Å². The van der Waals surface area contributed by atoms with Gasteiger partial charge >= 0.3 is 0 Å². The fraction of sp³-hybridized carbons (Fsp3) is 0.318. The number of sulfonamides is 1. The van der Waals surface area contributed by atoms with E-state index in [0.29, 0.717) is 5.56 Å². The number of carbonyl (C=O) groups is 1. The van der Waals surface area contributed by atoms with Crippen molar-refractivity contribution in [2.24, 2.45) is 0 Å². The van der Waals surface area contributed by atoms with Crippen LogP contribution in [0.15, 0.2) is 47.4 Å². The predicted molar refractivity (Wildman–Crippen MR) is 113 cm³/mol. The van der Waals surface area contributed by atoms with Crippen LogP contribution < -0.4 is 10.0 Å². The quantitative estimate of drug-likeness (QED) is 0.690. The first-order valence-corrected chi connectivity index (χ1v) is 10.6. The van der Waals surface area contributed by atoms with Crippen LogP contribution in [0.2, 0.25) is 0 Å². The van der Waals surface area contributed by atoms with E-state index in [0.717, 1.165) is 16.8 Å². The van der Waals surface area contributed by atoms with Gasteiger partial charge in [0.05, 0.1) is 11.4 Å². The third kappa shape index (κ3) is 5.00. The first kappa shape index (κ1) is 21.7. The summed E-state index contributed by atoms with van der Waals surface area (Å²) < 4.78 is 26.5. The molecule has 0 heterocycles. The fourth-order valence-electron chi connectivity index (χ4n) is 2.89. The number of carbonyl (C=O) groups excluding carboxylic acids is 1. The van der Waals surface area contributed by atoms with Crippen LogP contribution in [0.1, 0.15) is 61.0 Å². The molecule has 5 nitrogen and oxygen atoms in total. The third-order valence-corrected chi connectivity index (χ3v) is 5.82. The van der Waals surface area contributed by atoms with Gasteiger partial charge in [-0.2, -0.15) is 4.72 Å². The van der Waals surface area contributed by atoms with Gasteiger partial charge in [-0.3, -0.25) is 4.79 Å². The molecule has 0 spiro atoms. The lowest BCUT2D eigenvalue weighted by Gasteiger charge is -2.20. The van der Waals surface area contributed by atoms with Crippen LogP contribution in [0.5, 0.6) is 0 Å². The number of anilines is 1. The highest BCUT2D eigenvalue weighted by Gasteiger charge is 2.18. The van der Waals surface area contributed by atoms with Gasteiger partial charge in [0.25, 0.3) is 5.91 Å². The lowest BCUT2D eigenvalue weighted by molar-refractivity contribution is 0.102. The highest BCUT2D eigenvalue weighted by molar-refractivity contribution is 7.89. The third-order valence-electron chi connectivity index (χ3n) is 4.40. The molecule has 0 saturated heterocycles. The molecule has 1 amide bonds. The van der Waals surface area contributed by atoms with Crippen molar-refractivity contribution in [1.82, 2.24) is 4.72 Å². The van der Waals surface area contributed by atoms with Crippen LogP contribution in [0.25, 0.3) is 0 Å². The number of amides is 1. The molecule has 0 fully saturated rings. The first-order chi connectivity index (χ1) is 13.2. The Labute approximate surface area is 167 Å². The number of nitrogens with one attached hydrogen (secondary N) is 2. The molecule has 2 aromatic carbocycles. The Bertz CT molecular complexity index is 959. The monoisotopic (exact) mass is 398 g/mol. The Morgan fingerprint density at radius 3 is 2.00 bits per heavy atom. The lowest BCUT2D eigenvalue weighted by Crippen LogP contribution is -2.24. The van der Waals surface area contributed by atoms with Crippen molar-refractivity contribution in [3.05, 3.63) is 59.2 Å². The minimum Gasteiger partial charge on any atom is -0.321 e. The normalized spacial score (nSPS) is 11.5. The van der Waals surface area contributed by atoms with Crippen LogP contribution in [-0.4, -0.2) is 20.9 Å². The summed E-state index contributed by atoms with van der Waals surface area (Å²) in [6, 6.07) is 11.8. The Morgan fingerprint density at radius 2 is 1.54 bits per heavy atom. The Balaban J connectivity index is 2.31. The molecule has 2 N–H and O–H groups in total. The van der Waals surface area contributed by atoms with E-state index in [9.17, 15) is 13.2 Å². The number of terminal acetylenes is 1. The Kier molecular flexibility index (Phi) is 7.00. The van der Waals surface area contributed by atoms with Gasteiger partial charge in [0.15, 0.2) is 0 Å². The van der Waals surface area contributed by atoms with E-state index in [2.05, 4.69) is 43.7 Å². The van der Waals surface area contributed by atoms with Crippen molar-refractivity contribution in [2.45, 2.75) is 44.4 Å². The van der Waals surface area contributed by atoms with Crippen molar-refractivity contribution >= 4 is 21.6 Å². The SMILES string of the molecule is C#CCNS(=O)(=O)c1ccc(C(=O)Nc2c(C(C)C)cccc2C(C)C)cc1. The van der Waals surface area contributed by atoms with Crippen molar-refractivity contribution in [3.63, 3.8) is 0 Å². The predicted octanol–water partition coefficient (Wildman–Crippen LogP) is 4.10. The van der Waals surface area contributed by atoms with Gasteiger partial charge in [-0.15, -0.1) is 6.42 Å². The molecule has 6 heteroatoms. The number of para-hydroxylation sites is 1. The minimum atomic E-state index is -3.68. The molecule has 0 radical (unpaired) electrons. The molecule has 0 aromatic heterocycles. The van der Waals surface area contributed by atoms with E-state index in [1.807, 2.05) is 18.2 Å². The summed E-state index contributed by atoms with van der Waals surface area (Å²) >= 11 is 0. The molecule has 0 aliphatic rings. The van der Waals surface area contributed by atoms with Crippen LogP contribution in [0.4, 0.5) is 5.69 Å². The number of benzene rings is 2. The molecule has 0 aliphatic heterocycles. The minimum absolute atomic E-state index is 0.0600. The topological polar surface area (TPSA) is 75.3 Å². The van der Waals surface area contributed by atoms with E-state index < -0.39 is 10.0 Å². The standard InChI is InChI=1S/C22H26N2O3S/c1-6-14-23-28(26,27)18-12-10-17(11-13-18)22(25)24-21-19(15(2)3)8-7-9-20(21)16(4)5/h1,7-13,15-16,23H,14H2,2-5H3,(H,24,25). The molecule has 28 heavy (non-hydrogen) atoms. The van der Waals surface area contributed by atoms with Gasteiger partial charge in [-0.25, -0.2) is 8.42 Å². The van der Waals surface area contributed by atoms with E-state index in [-0.39, 0.29) is 29.2 Å². The second-order valence-corrected chi connectivity index (χ2v) is 8.89. The molecule has 0 bridgehead atoms. The molecular weight excluding hydrogens is 372 g/mol. The van der Waals surface area contributed by atoms with Crippen LogP contribution in [0.3, 0.4) is 0 Å². The highest BCUT2D eigenvalue weighted by atomic mass is 32.2. The first-order valence-electron chi connectivity index (χ1n) is 9.14. The second-order valence-electron chi connectivity index (χ2n) is 7.13. The Hall–Kier alpha value is -2.62. The second kappa shape index (κ2) is 9.05. The van der Waals surface area contributed by atoms with Gasteiger partial charge in [0.1, 0.15) is 0 Å². The Morgan fingerprint density at radius 1 is 1.00 bits per heavy atom. The summed E-state index contributed by atoms with van der Waals surface area (Å²) in [5.41, 5.74) is 3.34. The van der Waals surface area contributed by atoms with E-state index >= 15 is 0 Å².